The minimum Gasteiger partial charge on any atom is -0.389 e. The summed E-state index contributed by atoms with van der Waals surface area (Å²) in [6.07, 6.45) is 0.228. The zero-order valence-electron chi connectivity index (χ0n) is 11.1. The van der Waals surface area contributed by atoms with Gasteiger partial charge in [0.25, 0.3) is 0 Å². The molecule has 1 aliphatic rings. The van der Waals surface area contributed by atoms with Gasteiger partial charge < -0.3 is 15.4 Å². The van der Waals surface area contributed by atoms with E-state index in [4.69, 9.17) is 22.7 Å². The molecule has 2 rings (SSSR count). The van der Waals surface area contributed by atoms with Gasteiger partial charge in [-0.3, -0.25) is 4.98 Å². The van der Waals surface area contributed by atoms with E-state index in [1.807, 2.05) is 13.8 Å². The van der Waals surface area contributed by atoms with Crippen molar-refractivity contribution < 1.29 is 4.74 Å². The molecular weight excluding hydrogens is 246 g/mol. The Hall–Kier alpha value is -1.20. The summed E-state index contributed by atoms with van der Waals surface area (Å²) in [6, 6.07) is 2.06. The molecule has 1 fully saturated rings. The van der Waals surface area contributed by atoms with Gasteiger partial charge in [0.2, 0.25) is 0 Å². The minimum absolute atomic E-state index is 0.228. The summed E-state index contributed by atoms with van der Waals surface area (Å²) in [5, 5.41) is 0. The number of thiocarbonyl (C=S) groups is 1. The quantitative estimate of drug-likeness (QED) is 0.822. The van der Waals surface area contributed by atoms with E-state index in [0.717, 1.165) is 42.3 Å². The molecule has 2 N–H and O–H groups in total. The number of hydrogen-bond donors (Lipinski definition) is 1. The first kappa shape index (κ1) is 13.2. The average molecular weight is 265 g/mol. The van der Waals surface area contributed by atoms with Crippen LogP contribution in [0.4, 0.5) is 5.69 Å². The first-order valence-electron chi connectivity index (χ1n) is 6.13. The Morgan fingerprint density at radius 2 is 2.28 bits per heavy atom. The highest BCUT2D eigenvalue weighted by Crippen LogP contribution is 2.25. The average Bonchev–Trinajstić information content (AvgIpc) is 2.27. The summed E-state index contributed by atoms with van der Waals surface area (Å²) in [5.74, 6) is 0. The Morgan fingerprint density at radius 1 is 1.56 bits per heavy atom. The van der Waals surface area contributed by atoms with Gasteiger partial charge >= 0.3 is 0 Å². The van der Waals surface area contributed by atoms with Gasteiger partial charge in [0.05, 0.1) is 24.0 Å². The van der Waals surface area contributed by atoms with Crippen LogP contribution < -0.4 is 10.6 Å². The van der Waals surface area contributed by atoms with Crippen molar-refractivity contribution in [2.75, 3.05) is 24.6 Å². The smallest absolute Gasteiger partial charge is 0.107 e. The molecule has 0 radical (unpaired) electrons. The van der Waals surface area contributed by atoms with E-state index in [9.17, 15) is 0 Å². The van der Waals surface area contributed by atoms with Crippen molar-refractivity contribution >= 4 is 22.9 Å². The first-order chi connectivity index (χ1) is 8.49. The topological polar surface area (TPSA) is 51.4 Å². The molecular formula is C13H19N3OS. The van der Waals surface area contributed by atoms with E-state index in [-0.39, 0.29) is 6.10 Å². The van der Waals surface area contributed by atoms with Crippen LogP contribution in [0, 0.1) is 13.8 Å². The second kappa shape index (κ2) is 5.20. The van der Waals surface area contributed by atoms with E-state index < -0.39 is 0 Å². The third-order valence-corrected chi connectivity index (χ3v) is 3.34. The van der Waals surface area contributed by atoms with Gasteiger partial charge in [-0.15, -0.1) is 0 Å². The van der Waals surface area contributed by atoms with Gasteiger partial charge in [-0.05, 0) is 26.8 Å². The van der Waals surface area contributed by atoms with Crippen molar-refractivity contribution in [3.8, 4) is 0 Å². The van der Waals surface area contributed by atoms with Crippen molar-refractivity contribution in [3.63, 3.8) is 0 Å². The third kappa shape index (κ3) is 2.62. The van der Waals surface area contributed by atoms with Crippen LogP contribution in [0.1, 0.15) is 23.9 Å². The molecule has 98 valence electrons. The molecule has 1 aliphatic heterocycles. The molecule has 18 heavy (non-hydrogen) atoms. The molecule has 5 heteroatoms. The van der Waals surface area contributed by atoms with Gasteiger partial charge in [0.1, 0.15) is 4.99 Å². The van der Waals surface area contributed by atoms with Crippen LogP contribution in [0.15, 0.2) is 6.07 Å². The van der Waals surface area contributed by atoms with Crippen LogP contribution in [0.2, 0.25) is 0 Å². The summed E-state index contributed by atoms with van der Waals surface area (Å²) in [6.45, 7) is 8.48. The maximum atomic E-state index is 5.84. The fourth-order valence-electron chi connectivity index (χ4n) is 2.40. The fourth-order valence-corrected chi connectivity index (χ4v) is 2.65. The molecule has 1 aromatic heterocycles. The van der Waals surface area contributed by atoms with Crippen LogP contribution in [0.3, 0.4) is 0 Å². The summed E-state index contributed by atoms with van der Waals surface area (Å²) in [4.78, 5) is 7.14. The Balaban J connectivity index is 2.44. The lowest BCUT2D eigenvalue weighted by Crippen LogP contribution is -2.42. The summed E-state index contributed by atoms with van der Waals surface area (Å²) in [7, 11) is 0. The highest BCUT2D eigenvalue weighted by molar-refractivity contribution is 7.80. The summed E-state index contributed by atoms with van der Waals surface area (Å²) >= 11 is 5.16. The molecule has 0 aromatic carbocycles. The number of aromatic nitrogens is 1. The molecule has 0 bridgehead atoms. The molecule has 4 nitrogen and oxygen atoms in total. The highest BCUT2D eigenvalue weighted by Gasteiger charge is 2.22. The van der Waals surface area contributed by atoms with Gasteiger partial charge in [-0.2, -0.15) is 0 Å². The van der Waals surface area contributed by atoms with Crippen LogP contribution in [-0.2, 0) is 4.74 Å². The van der Waals surface area contributed by atoms with Crippen LogP contribution in [0.25, 0.3) is 0 Å². The largest absolute Gasteiger partial charge is 0.389 e. The molecule has 0 spiro atoms. The fraction of sp³-hybridized carbons (Fsp3) is 0.538. The SMILES string of the molecule is Cc1cc(N2CCOC(C)C2)c(C(N)=S)c(C)n1. The number of hydrogen-bond acceptors (Lipinski definition) is 4. The maximum Gasteiger partial charge on any atom is 0.107 e. The Morgan fingerprint density at radius 3 is 2.89 bits per heavy atom. The summed E-state index contributed by atoms with van der Waals surface area (Å²) < 4.78 is 5.57. The normalized spacial score (nSPS) is 19.9. The Bertz CT molecular complexity index is 476. The zero-order chi connectivity index (χ0) is 13.3. The monoisotopic (exact) mass is 265 g/mol. The molecule has 1 unspecified atom stereocenters. The number of morpholine rings is 1. The first-order valence-corrected chi connectivity index (χ1v) is 6.54. The molecule has 0 saturated carbocycles. The van der Waals surface area contributed by atoms with Crippen molar-refractivity contribution in [1.29, 1.82) is 0 Å². The molecule has 2 heterocycles. The molecule has 1 saturated heterocycles. The van der Waals surface area contributed by atoms with Crippen molar-refractivity contribution in [3.05, 3.63) is 23.0 Å². The summed E-state index contributed by atoms with van der Waals surface area (Å²) in [5.41, 5.74) is 9.71. The highest BCUT2D eigenvalue weighted by atomic mass is 32.1. The van der Waals surface area contributed by atoms with Crippen LogP contribution >= 0.6 is 12.2 Å². The standard InChI is InChI=1S/C13H19N3OS/c1-8-6-11(12(13(14)18)10(3)15-8)16-4-5-17-9(2)7-16/h6,9H,4-5,7H2,1-3H3,(H2,14,18). The van der Waals surface area contributed by atoms with Gasteiger partial charge in [-0.25, -0.2) is 0 Å². The number of aryl methyl sites for hydroxylation is 2. The Labute approximate surface area is 113 Å². The second-order valence-corrected chi connectivity index (χ2v) is 5.17. The van der Waals surface area contributed by atoms with Crippen LogP contribution in [0.5, 0.6) is 0 Å². The van der Waals surface area contributed by atoms with Crippen molar-refractivity contribution in [2.24, 2.45) is 5.73 Å². The second-order valence-electron chi connectivity index (χ2n) is 4.73. The molecule has 0 aliphatic carbocycles. The van der Waals surface area contributed by atoms with Gasteiger partial charge in [0.15, 0.2) is 0 Å². The van der Waals surface area contributed by atoms with Gasteiger partial charge in [-0.1, -0.05) is 12.2 Å². The van der Waals surface area contributed by atoms with E-state index in [1.54, 1.807) is 0 Å². The predicted octanol–water partition coefficient (Wildman–Crippen LogP) is 1.56. The lowest BCUT2D eigenvalue weighted by molar-refractivity contribution is 0.0532. The maximum absolute atomic E-state index is 5.84. The lowest BCUT2D eigenvalue weighted by Gasteiger charge is -2.34. The van der Waals surface area contributed by atoms with E-state index in [2.05, 4.69) is 22.9 Å². The molecule has 1 aromatic rings. The van der Waals surface area contributed by atoms with E-state index in [0.29, 0.717) is 4.99 Å². The number of ether oxygens (including phenoxy) is 1. The predicted molar refractivity (Wildman–Crippen MR) is 77.2 cm³/mol. The van der Waals surface area contributed by atoms with E-state index >= 15 is 0 Å². The number of rotatable bonds is 2. The van der Waals surface area contributed by atoms with Crippen molar-refractivity contribution in [1.82, 2.24) is 4.98 Å². The third-order valence-electron chi connectivity index (χ3n) is 3.14. The number of nitrogens with zero attached hydrogens (tertiary/aromatic N) is 2. The zero-order valence-corrected chi connectivity index (χ0v) is 11.9. The molecule has 1 atom stereocenters. The minimum atomic E-state index is 0.228. The lowest BCUT2D eigenvalue weighted by atomic mass is 10.1. The van der Waals surface area contributed by atoms with Crippen molar-refractivity contribution in [2.45, 2.75) is 26.9 Å². The van der Waals surface area contributed by atoms with Crippen LogP contribution in [-0.4, -0.2) is 35.8 Å². The number of pyridine rings is 1. The molecule has 0 amide bonds. The Kier molecular flexibility index (Phi) is 3.82. The van der Waals surface area contributed by atoms with E-state index in [1.165, 1.54) is 0 Å². The van der Waals surface area contributed by atoms with Gasteiger partial charge in [0, 0.05) is 24.5 Å². The number of nitrogens with two attached hydrogens (primary N) is 1. The number of anilines is 1.